The summed E-state index contributed by atoms with van der Waals surface area (Å²) in [6.45, 7) is 0.158. The number of benzene rings is 1. The second-order valence-electron chi connectivity index (χ2n) is 9.04. The zero-order chi connectivity index (χ0) is 27.7. The van der Waals surface area contributed by atoms with Crippen molar-refractivity contribution >= 4 is 41.0 Å². The highest BCUT2D eigenvalue weighted by Crippen LogP contribution is 2.35. The first kappa shape index (κ1) is 25.9. The third-order valence-corrected chi connectivity index (χ3v) is 7.53. The van der Waals surface area contributed by atoms with Gasteiger partial charge in [0.15, 0.2) is 0 Å². The Morgan fingerprint density at radius 1 is 1.15 bits per heavy atom. The van der Waals surface area contributed by atoms with E-state index < -0.39 is 36.0 Å². The van der Waals surface area contributed by atoms with Crippen molar-refractivity contribution in [2.45, 2.75) is 31.0 Å². The van der Waals surface area contributed by atoms with Gasteiger partial charge in [-0.2, -0.15) is 5.21 Å². The highest BCUT2D eigenvalue weighted by molar-refractivity contribution is 7.09. The minimum atomic E-state index is -1.01. The van der Waals surface area contributed by atoms with E-state index in [9.17, 15) is 24.0 Å². The highest BCUT2D eigenvalue weighted by Gasteiger charge is 2.41. The molecule has 39 heavy (non-hydrogen) atoms. The lowest BCUT2D eigenvalue weighted by Crippen LogP contribution is -2.59. The maximum atomic E-state index is 13.6. The van der Waals surface area contributed by atoms with Gasteiger partial charge in [0, 0.05) is 43.2 Å². The van der Waals surface area contributed by atoms with Crippen molar-refractivity contribution in [2.24, 2.45) is 0 Å². The standard InChI is InChI=1S/C23H24N10O5S/c1-24-19(35)15-10-39-21(26-15)16-7-13(25-20(36)14-8-17(34)32(2)23(38)27-14)9-33(16)22(37)12-5-3-11(4-6-12)18-28-30-31-29-18/h3-6,10,13-14,16H,7-9H2,1-2H3,(H,24,35)(H,25,36)(H,27,38)(H,28,29,30,31)/t13-,14-,16?/m0/s1. The molecule has 4 N–H and O–H groups in total. The van der Waals surface area contributed by atoms with Gasteiger partial charge in [0.1, 0.15) is 16.7 Å². The lowest BCUT2D eigenvalue weighted by Gasteiger charge is -2.28. The van der Waals surface area contributed by atoms with E-state index in [-0.39, 0.29) is 30.5 Å². The molecule has 16 heteroatoms. The number of carbonyl (C=O) groups excluding carboxylic acids is 5. The van der Waals surface area contributed by atoms with Crippen LogP contribution in [0.2, 0.25) is 0 Å². The Morgan fingerprint density at radius 2 is 1.92 bits per heavy atom. The molecular weight excluding hydrogens is 528 g/mol. The molecule has 0 aliphatic carbocycles. The van der Waals surface area contributed by atoms with Crippen molar-refractivity contribution < 1.29 is 24.0 Å². The normalized spacial score (nSPS) is 21.0. The SMILES string of the molecule is CNC(=O)c1csc(C2C[C@H](NC(=O)[C@@H]3CC(=O)N(C)C(=O)N3)CN2C(=O)c2ccc(-c3nn[nH]n3)cc2)n1. The first-order valence-electron chi connectivity index (χ1n) is 11.9. The number of likely N-dealkylation sites (tertiary alicyclic amines) is 1. The molecule has 0 bridgehead atoms. The maximum absolute atomic E-state index is 13.6. The van der Waals surface area contributed by atoms with Gasteiger partial charge < -0.3 is 20.9 Å². The Kier molecular flexibility index (Phi) is 7.02. The molecule has 2 aliphatic heterocycles. The van der Waals surface area contributed by atoms with E-state index >= 15 is 0 Å². The highest BCUT2D eigenvalue weighted by atomic mass is 32.1. The molecular formula is C23H24N10O5S. The minimum Gasteiger partial charge on any atom is -0.354 e. The summed E-state index contributed by atoms with van der Waals surface area (Å²) in [7, 11) is 2.84. The molecule has 1 aromatic carbocycles. The quantitative estimate of drug-likeness (QED) is 0.317. The first-order chi connectivity index (χ1) is 18.7. The smallest absolute Gasteiger partial charge is 0.324 e. The lowest BCUT2D eigenvalue weighted by molar-refractivity contribution is -0.134. The van der Waals surface area contributed by atoms with Crippen LogP contribution < -0.4 is 16.0 Å². The number of aromatic nitrogens is 5. The molecule has 4 heterocycles. The summed E-state index contributed by atoms with van der Waals surface area (Å²) >= 11 is 1.24. The molecule has 5 rings (SSSR count). The van der Waals surface area contributed by atoms with Crippen LogP contribution in [0.1, 0.15) is 44.7 Å². The van der Waals surface area contributed by atoms with Crippen molar-refractivity contribution in [3.63, 3.8) is 0 Å². The molecule has 2 aliphatic rings. The second kappa shape index (κ2) is 10.6. The van der Waals surface area contributed by atoms with Crippen LogP contribution >= 0.6 is 11.3 Å². The Balaban J connectivity index is 1.36. The fourth-order valence-corrected chi connectivity index (χ4v) is 5.39. The molecule has 15 nitrogen and oxygen atoms in total. The molecule has 0 spiro atoms. The molecule has 202 valence electrons. The largest absolute Gasteiger partial charge is 0.354 e. The first-order valence-corrected chi connectivity index (χ1v) is 12.8. The number of aromatic amines is 1. The summed E-state index contributed by atoms with van der Waals surface area (Å²) in [6, 6.07) is 4.04. The maximum Gasteiger partial charge on any atom is 0.324 e. The summed E-state index contributed by atoms with van der Waals surface area (Å²) in [5, 5.41) is 23.8. The van der Waals surface area contributed by atoms with Crippen LogP contribution in [0.4, 0.5) is 4.79 Å². The fourth-order valence-electron chi connectivity index (χ4n) is 4.47. The van der Waals surface area contributed by atoms with E-state index in [4.69, 9.17) is 0 Å². The van der Waals surface area contributed by atoms with Gasteiger partial charge in [0.25, 0.3) is 11.8 Å². The molecule has 2 fully saturated rings. The van der Waals surface area contributed by atoms with Crippen LogP contribution in [0, 0.1) is 0 Å². The zero-order valence-electron chi connectivity index (χ0n) is 20.9. The topological polar surface area (TPSA) is 195 Å². The van der Waals surface area contributed by atoms with Gasteiger partial charge in [-0.25, -0.2) is 9.78 Å². The predicted octanol–water partition coefficient (Wildman–Crippen LogP) is -0.305. The minimum absolute atomic E-state index is 0.158. The Bertz CT molecular complexity index is 1410. The number of hydrogen-bond acceptors (Lipinski definition) is 10. The summed E-state index contributed by atoms with van der Waals surface area (Å²) < 4.78 is 0. The van der Waals surface area contributed by atoms with E-state index in [0.29, 0.717) is 28.4 Å². The van der Waals surface area contributed by atoms with Gasteiger partial charge in [-0.3, -0.25) is 24.1 Å². The average molecular weight is 553 g/mol. The van der Waals surface area contributed by atoms with Crippen molar-refractivity contribution in [1.82, 2.24) is 51.4 Å². The third kappa shape index (κ3) is 5.18. The Morgan fingerprint density at radius 3 is 2.59 bits per heavy atom. The van der Waals surface area contributed by atoms with Crippen LogP contribution in [0.25, 0.3) is 11.4 Å². The lowest BCUT2D eigenvalue weighted by atomic mass is 10.1. The van der Waals surface area contributed by atoms with Gasteiger partial charge in [-0.05, 0) is 23.8 Å². The third-order valence-electron chi connectivity index (χ3n) is 6.58. The number of thiazole rings is 1. The Labute approximate surface area is 225 Å². The van der Waals surface area contributed by atoms with Gasteiger partial charge in [0.2, 0.25) is 17.6 Å². The van der Waals surface area contributed by atoms with Gasteiger partial charge in [0.05, 0.1) is 12.5 Å². The van der Waals surface area contributed by atoms with Crippen LogP contribution in [0.5, 0.6) is 0 Å². The number of amides is 6. The summed E-state index contributed by atoms with van der Waals surface area (Å²) in [4.78, 5) is 69.6. The van der Waals surface area contributed by atoms with Crippen molar-refractivity contribution in [1.29, 1.82) is 0 Å². The monoisotopic (exact) mass is 552 g/mol. The molecule has 1 unspecified atom stereocenters. The van der Waals surface area contributed by atoms with Gasteiger partial charge in [-0.1, -0.05) is 12.1 Å². The van der Waals surface area contributed by atoms with Crippen molar-refractivity contribution in [2.75, 3.05) is 20.6 Å². The van der Waals surface area contributed by atoms with Crippen LogP contribution in [-0.2, 0) is 9.59 Å². The molecule has 0 saturated carbocycles. The zero-order valence-corrected chi connectivity index (χ0v) is 21.7. The van der Waals surface area contributed by atoms with Crippen molar-refractivity contribution in [3.05, 3.63) is 45.9 Å². The predicted molar refractivity (Wildman–Crippen MR) is 135 cm³/mol. The molecule has 3 aromatic rings. The summed E-state index contributed by atoms with van der Waals surface area (Å²) in [6.07, 6.45) is 0.162. The van der Waals surface area contributed by atoms with E-state index in [1.165, 1.54) is 25.4 Å². The molecule has 2 saturated heterocycles. The fraction of sp³-hybridized carbons (Fsp3) is 0.348. The van der Waals surface area contributed by atoms with Crippen LogP contribution in [0.15, 0.2) is 29.6 Å². The second-order valence-corrected chi connectivity index (χ2v) is 9.93. The average Bonchev–Trinajstić information content (AvgIpc) is 3.72. The van der Waals surface area contributed by atoms with E-state index in [0.717, 1.165) is 4.90 Å². The summed E-state index contributed by atoms with van der Waals surface area (Å²) in [5.74, 6) is -1.24. The molecule has 6 amide bonds. The van der Waals surface area contributed by atoms with Crippen LogP contribution in [-0.4, -0.2) is 97.8 Å². The number of hydrogen-bond donors (Lipinski definition) is 4. The number of nitrogens with one attached hydrogen (secondary N) is 4. The molecule has 2 aromatic heterocycles. The van der Waals surface area contributed by atoms with E-state index in [1.54, 1.807) is 34.5 Å². The van der Waals surface area contributed by atoms with Crippen molar-refractivity contribution in [3.8, 4) is 11.4 Å². The Hall–Kier alpha value is -4.73. The van der Waals surface area contributed by atoms with Gasteiger partial charge in [-0.15, -0.1) is 21.5 Å². The summed E-state index contributed by atoms with van der Waals surface area (Å²) in [5.41, 5.74) is 1.30. The number of tetrazole rings is 1. The number of urea groups is 1. The number of H-pyrrole nitrogens is 1. The van der Waals surface area contributed by atoms with E-state index in [1.807, 2.05) is 0 Å². The number of nitrogens with zero attached hydrogens (tertiary/aromatic N) is 6. The van der Waals surface area contributed by atoms with E-state index in [2.05, 4.69) is 41.6 Å². The number of rotatable bonds is 6. The van der Waals surface area contributed by atoms with Crippen LogP contribution in [0.3, 0.4) is 0 Å². The van der Waals surface area contributed by atoms with Gasteiger partial charge >= 0.3 is 6.03 Å². The number of imide groups is 1. The molecule has 3 atom stereocenters. The molecule has 0 radical (unpaired) electrons. The number of carbonyl (C=O) groups is 5.